The van der Waals surface area contributed by atoms with Gasteiger partial charge in [0, 0.05) is 30.9 Å². The van der Waals surface area contributed by atoms with Gasteiger partial charge >= 0.3 is 0 Å². The van der Waals surface area contributed by atoms with Crippen molar-refractivity contribution >= 4 is 5.78 Å². The highest BCUT2D eigenvalue weighted by molar-refractivity contribution is 5.98. The van der Waals surface area contributed by atoms with Crippen LogP contribution in [0.25, 0.3) is 0 Å². The van der Waals surface area contributed by atoms with Crippen LogP contribution in [0.1, 0.15) is 47.1 Å². The molecule has 100 valence electrons. The van der Waals surface area contributed by atoms with E-state index in [4.69, 9.17) is 0 Å². The molecule has 0 aliphatic heterocycles. The Balaban J connectivity index is 1.89. The van der Waals surface area contributed by atoms with Crippen molar-refractivity contribution in [3.63, 3.8) is 0 Å². The molecule has 0 amide bonds. The molecule has 2 aromatic rings. The highest BCUT2D eigenvalue weighted by atomic mass is 16.1. The first-order chi connectivity index (χ1) is 9.17. The summed E-state index contributed by atoms with van der Waals surface area (Å²) in [6.07, 6.45) is 6.83. The Morgan fingerprint density at radius 1 is 1.32 bits per heavy atom. The summed E-state index contributed by atoms with van der Waals surface area (Å²) in [7, 11) is 0. The number of rotatable bonds is 3. The fourth-order valence-electron chi connectivity index (χ4n) is 2.86. The van der Waals surface area contributed by atoms with Gasteiger partial charge in [-0.2, -0.15) is 5.10 Å². The molecule has 0 atom stereocenters. The van der Waals surface area contributed by atoms with E-state index in [9.17, 15) is 4.79 Å². The van der Waals surface area contributed by atoms with E-state index < -0.39 is 0 Å². The lowest BCUT2D eigenvalue weighted by molar-refractivity contribution is 0.0973. The van der Waals surface area contributed by atoms with Crippen molar-refractivity contribution in [2.24, 2.45) is 0 Å². The summed E-state index contributed by atoms with van der Waals surface area (Å²) in [4.78, 5) is 11.8. The Kier molecular flexibility index (Phi) is 3.01. The highest BCUT2D eigenvalue weighted by Crippen LogP contribution is 2.22. The van der Waals surface area contributed by atoms with E-state index in [0.29, 0.717) is 12.2 Å². The van der Waals surface area contributed by atoms with E-state index in [1.165, 1.54) is 11.3 Å². The van der Waals surface area contributed by atoms with Gasteiger partial charge in [-0.25, -0.2) is 0 Å². The summed E-state index contributed by atoms with van der Waals surface area (Å²) in [5.74, 6) is 0.292. The maximum absolute atomic E-state index is 11.8. The minimum atomic E-state index is 0.292. The van der Waals surface area contributed by atoms with Crippen LogP contribution in [0.3, 0.4) is 0 Å². The van der Waals surface area contributed by atoms with Crippen LogP contribution in [0.2, 0.25) is 0 Å². The third-order valence-electron chi connectivity index (χ3n) is 3.74. The number of hydrogen-bond acceptors (Lipinski definition) is 2. The average molecular weight is 257 g/mol. The SMILES string of the molecule is CCn1nc(C)cc1Cn1cc2c(c1)C(=O)CCC2. The van der Waals surface area contributed by atoms with E-state index in [-0.39, 0.29) is 0 Å². The summed E-state index contributed by atoms with van der Waals surface area (Å²) in [6.45, 7) is 5.78. The second-order valence-electron chi connectivity index (χ2n) is 5.24. The van der Waals surface area contributed by atoms with Gasteiger partial charge in [0.2, 0.25) is 0 Å². The van der Waals surface area contributed by atoms with Gasteiger partial charge < -0.3 is 4.57 Å². The van der Waals surface area contributed by atoms with Gasteiger partial charge in [-0.05, 0) is 38.3 Å². The summed E-state index contributed by atoms with van der Waals surface area (Å²) >= 11 is 0. The third-order valence-corrected chi connectivity index (χ3v) is 3.74. The summed E-state index contributed by atoms with van der Waals surface area (Å²) < 4.78 is 4.15. The second kappa shape index (κ2) is 4.68. The van der Waals surface area contributed by atoms with Gasteiger partial charge in [-0.1, -0.05) is 0 Å². The summed E-state index contributed by atoms with van der Waals surface area (Å²) in [6, 6.07) is 2.12. The number of carbonyl (C=O) groups excluding carboxylic acids is 1. The van der Waals surface area contributed by atoms with Crippen LogP contribution < -0.4 is 0 Å². The van der Waals surface area contributed by atoms with Crippen LogP contribution >= 0.6 is 0 Å². The number of nitrogens with zero attached hydrogens (tertiary/aromatic N) is 3. The molecule has 0 unspecified atom stereocenters. The molecule has 0 aromatic carbocycles. The van der Waals surface area contributed by atoms with Gasteiger partial charge in [-0.15, -0.1) is 0 Å². The van der Waals surface area contributed by atoms with Gasteiger partial charge in [0.15, 0.2) is 5.78 Å². The number of hydrogen-bond donors (Lipinski definition) is 0. The molecule has 0 saturated heterocycles. The molecule has 1 aliphatic rings. The quantitative estimate of drug-likeness (QED) is 0.848. The first-order valence-electron chi connectivity index (χ1n) is 6.92. The molecule has 0 saturated carbocycles. The molecule has 19 heavy (non-hydrogen) atoms. The molecule has 3 rings (SSSR count). The Hall–Kier alpha value is -1.84. The van der Waals surface area contributed by atoms with E-state index in [2.05, 4.69) is 28.9 Å². The predicted molar refractivity (Wildman–Crippen MR) is 73.4 cm³/mol. The van der Waals surface area contributed by atoms with E-state index in [1.807, 2.05) is 17.8 Å². The van der Waals surface area contributed by atoms with Crippen molar-refractivity contribution in [3.05, 3.63) is 41.0 Å². The number of fused-ring (bicyclic) bond motifs is 1. The third kappa shape index (κ3) is 2.23. The Morgan fingerprint density at radius 3 is 2.89 bits per heavy atom. The van der Waals surface area contributed by atoms with E-state index in [0.717, 1.165) is 37.2 Å². The van der Waals surface area contributed by atoms with Crippen molar-refractivity contribution in [1.82, 2.24) is 14.3 Å². The van der Waals surface area contributed by atoms with E-state index in [1.54, 1.807) is 0 Å². The first-order valence-corrected chi connectivity index (χ1v) is 6.92. The topological polar surface area (TPSA) is 39.8 Å². The van der Waals surface area contributed by atoms with Crippen molar-refractivity contribution in [2.75, 3.05) is 0 Å². The number of Topliss-reactive ketones (excluding diaryl/α,β-unsaturated/α-hetero) is 1. The molecule has 1 aliphatic carbocycles. The minimum absolute atomic E-state index is 0.292. The molecule has 2 heterocycles. The van der Waals surface area contributed by atoms with Crippen molar-refractivity contribution in [2.45, 2.75) is 46.2 Å². The Bertz CT molecular complexity index is 621. The molecule has 0 radical (unpaired) electrons. The predicted octanol–water partition coefficient (Wildman–Crippen LogP) is 2.58. The van der Waals surface area contributed by atoms with Gasteiger partial charge in [0.05, 0.1) is 17.9 Å². The number of aromatic nitrogens is 3. The lowest BCUT2D eigenvalue weighted by atomic mass is 9.95. The van der Waals surface area contributed by atoms with Crippen LogP contribution in [-0.2, 0) is 19.5 Å². The number of aryl methyl sites for hydroxylation is 3. The van der Waals surface area contributed by atoms with Crippen LogP contribution in [-0.4, -0.2) is 20.1 Å². The molecule has 0 fully saturated rings. The number of carbonyl (C=O) groups is 1. The van der Waals surface area contributed by atoms with Crippen LogP contribution in [0, 0.1) is 6.92 Å². The van der Waals surface area contributed by atoms with Crippen molar-refractivity contribution in [1.29, 1.82) is 0 Å². The highest BCUT2D eigenvalue weighted by Gasteiger charge is 2.19. The smallest absolute Gasteiger partial charge is 0.164 e. The van der Waals surface area contributed by atoms with Gasteiger partial charge in [0.1, 0.15) is 0 Å². The van der Waals surface area contributed by atoms with Crippen LogP contribution in [0.15, 0.2) is 18.5 Å². The largest absolute Gasteiger partial charge is 0.347 e. The second-order valence-corrected chi connectivity index (χ2v) is 5.24. The summed E-state index contributed by atoms with van der Waals surface area (Å²) in [5, 5.41) is 4.46. The molecule has 4 heteroatoms. The lowest BCUT2D eigenvalue weighted by Gasteiger charge is -2.07. The molecule has 0 spiro atoms. The minimum Gasteiger partial charge on any atom is -0.347 e. The molecule has 2 aromatic heterocycles. The average Bonchev–Trinajstić information content (AvgIpc) is 2.94. The molecule has 0 N–H and O–H groups in total. The maximum atomic E-state index is 11.8. The Labute approximate surface area is 113 Å². The van der Waals surface area contributed by atoms with Gasteiger partial charge in [0.25, 0.3) is 0 Å². The van der Waals surface area contributed by atoms with Crippen LogP contribution in [0.5, 0.6) is 0 Å². The monoisotopic (exact) mass is 257 g/mol. The van der Waals surface area contributed by atoms with Crippen molar-refractivity contribution in [3.8, 4) is 0 Å². The number of ketones is 1. The molecule has 0 bridgehead atoms. The Morgan fingerprint density at radius 2 is 2.16 bits per heavy atom. The summed E-state index contributed by atoms with van der Waals surface area (Å²) in [5.41, 5.74) is 4.37. The normalized spacial score (nSPS) is 14.7. The lowest BCUT2D eigenvalue weighted by Crippen LogP contribution is -2.07. The molecule has 4 nitrogen and oxygen atoms in total. The van der Waals surface area contributed by atoms with Crippen molar-refractivity contribution < 1.29 is 4.79 Å². The fourth-order valence-corrected chi connectivity index (χ4v) is 2.86. The zero-order chi connectivity index (χ0) is 13.4. The zero-order valence-corrected chi connectivity index (χ0v) is 11.5. The standard InChI is InChI=1S/C15H19N3O/c1-3-18-13(7-11(2)16-18)9-17-8-12-5-4-6-15(19)14(12)10-17/h7-8,10H,3-6,9H2,1-2H3. The van der Waals surface area contributed by atoms with E-state index >= 15 is 0 Å². The first kappa shape index (κ1) is 12.2. The fraction of sp³-hybridized carbons (Fsp3) is 0.467. The van der Waals surface area contributed by atoms with Gasteiger partial charge in [-0.3, -0.25) is 9.48 Å². The molecular weight excluding hydrogens is 238 g/mol. The van der Waals surface area contributed by atoms with Crippen LogP contribution in [0.4, 0.5) is 0 Å². The molecular formula is C15H19N3O. The zero-order valence-electron chi connectivity index (χ0n) is 11.5. The maximum Gasteiger partial charge on any atom is 0.164 e.